The van der Waals surface area contributed by atoms with Crippen molar-refractivity contribution >= 4 is 5.97 Å². The fraction of sp³-hybridized carbons (Fsp3) is 0.766. The van der Waals surface area contributed by atoms with Gasteiger partial charge in [-0.05, 0) is 62.8 Å². The summed E-state index contributed by atoms with van der Waals surface area (Å²) in [6.45, 7) is 16.0. The van der Waals surface area contributed by atoms with E-state index in [2.05, 4.69) is 39.8 Å². The molecule has 4 saturated heterocycles. The van der Waals surface area contributed by atoms with E-state index in [1.54, 1.807) is 40.2 Å². The number of hydrogen-bond donors (Lipinski definition) is 3. The second-order valence-electron chi connectivity index (χ2n) is 18.8. The van der Waals surface area contributed by atoms with Crippen LogP contribution in [0.15, 0.2) is 59.3 Å². The van der Waals surface area contributed by atoms with Gasteiger partial charge in [-0.15, -0.1) is 0 Å². The molecule has 7 aliphatic rings. The third-order valence-corrected chi connectivity index (χ3v) is 14.0. The highest BCUT2D eigenvalue weighted by Gasteiger charge is 2.60. The summed E-state index contributed by atoms with van der Waals surface area (Å²) in [5.74, 6) is -2.62. The first-order valence-electron chi connectivity index (χ1n) is 22.3. The predicted octanol–water partition coefficient (Wildman–Crippen LogP) is 4.99. The Labute approximate surface area is 361 Å². The zero-order valence-electron chi connectivity index (χ0n) is 37.5. The fourth-order valence-corrected chi connectivity index (χ4v) is 10.4. The van der Waals surface area contributed by atoms with Crippen LogP contribution in [-0.4, -0.2) is 139 Å². The summed E-state index contributed by atoms with van der Waals surface area (Å²) in [6, 6.07) is 0. The van der Waals surface area contributed by atoms with E-state index in [1.807, 2.05) is 32.1 Å². The van der Waals surface area contributed by atoms with Crippen LogP contribution >= 0.6 is 0 Å². The van der Waals surface area contributed by atoms with E-state index in [9.17, 15) is 20.1 Å². The lowest BCUT2D eigenvalue weighted by Crippen LogP contribution is -2.58. The molecule has 14 heteroatoms. The lowest BCUT2D eigenvalue weighted by molar-refractivity contribution is -0.318. The number of rotatable bonds is 7. The minimum absolute atomic E-state index is 0.0313. The van der Waals surface area contributed by atoms with Crippen molar-refractivity contribution in [1.29, 1.82) is 0 Å². The van der Waals surface area contributed by atoms with E-state index >= 15 is 0 Å². The number of fused-ring (bicyclic) bond motifs is 2. The lowest BCUT2D eigenvalue weighted by atomic mass is 9.71. The summed E-state index contributed by atoms with van der Waals surface area (Å²) in [5.41, 5.74) is 0.129. The van der Waals surface area contributed by atoms with Gasteiger partial charge in [0.15, 0.2) is 18.4 Å². The quantitative estimate of drug-likeness (QED) is 0.231. The van der Waals surface area contributed by atoms with Crippen LogP contribution in [0.4, 0.5) is 0 Å². The second-order valence-corrected chi connectivity index (χ2v) is 18.8. The molecule has 0 radical (unpaired) electrons. The molecule has 0 saturated carbocycles. The smallest absolute Gasteiger partial charge is 0.316 e. The number of aliphatic hydroxyl groups excluding tert-OH is 2. The third-order valence-electron chi connectivity index (χ3n) is 14.0. The number of carbonyl (C=O) groups excluding carboxylic acids is 1. The van der Waals surface area contributed by atoms with E-state index in [-0.39, 0.29) is 42.7 Å². The highest BCUT2D eigenvalue weighted by atomic mass is 16.7. The summed E-state index contributed by atoms with van der Waals surface area (Å²) in [7, 11) is 3.22. The number of esters is 1. The van der Waals surface area contributed by atoms with Gasteiger partial charge in [-0.2, -0.15) is 0 Å². The number of allylic oxidation sites excluding steroid dienone is 2. The second kappa shape index (κ2) is 19.0. The molecule has 0 unspecified atom stereocenters. The van der Waals surface area contributed by atoms with Gasteiger partial charge in [-0.25, -0.2) is 0 Å². The van der Waals surface area contributed by atoms with Gasteiger partial charge >= 0.3 is 5.97 Å². The first kappa shape index (κ1) is 46.7. The first-order valence-corrected chi connectivity index (χ1v) is 22.3. The molecule has 2 bridgehead atoms. The van der Waals surface area contributed by atoms with Gasteiger partial charge in [-0.1, -0.05) is 64.2 Å². The number of methoxy groups -OCH3 is 2. The molecule has 0 amide bonds. The SMILES string of the molecule is CO[C@H]1C[C@H](O[C@H]2[C@H](C)O[C@@H](O[C@@H]3/C(C)=C\C[C@@H]4C[C@@H](C[C@]5(C=C[C@H](C)[C@@H](C(C)C)O5)O4)OC(=O)[C@@H]4C=C(C)[C@@H](O)[C@H]5OCC(=C/C=C\[C@@H]3C)[C@]54O)C[C@@H]2OC)O[C@@H](C)[C@@H]1O. The van der Waals surface area contributed by atoms with Crippen molar-refractivity contribution in [3.8, 4) is 0 Å². The molecule has 6 heterocycles. The van der Waals surface area contributed by atoms with Crippen molar-refractivity contribution in [3.05, 3.63) is 59.3 Å². The Hall–Kier alpha value is -2.31. The molecule has 0 aromatic heterocycles. The molecule has 0 aromatic rings. The lowest BCUT2D eigenvalue weighted by Gasteiger charge is -2.48. The van der Waals surface area contributed by atoms with Crippen LogP contribution in [0, 0.1) is 23.7 Å². The van der Waals surface area contributed by atoms with Crippen LogP contribution in [-0.2, 0) is 52.2 Å². The van der Waals surface area contributed by atoms with E-state index in [0.717, 1.165) is 5.57 Å². The molecule has 19 atom stereocenters. The molecule has 7 rings (SSSR count). The highest BCUT2D eigenvalue weighted by Crippen LogP contribution is 2.47. The molecule has 14 nitrogen and oxygen atoms in total. The molecule has 6 aliphatic heterocycles. The van der Waals surface area contributed by atoms with E-state index in [4.69, 9.17) is 47.4 Å². The highest BCUT2D eigenvalue weighted by molar-refractivity contribution is 5.78. The monoisotopic (exact) mass is 858 g/mol. The topological polar surface area (TPSA) is 170 Å². The maximum absolute atomic E-state index is 14.3. The number of aliphatic hydroxyl groups is 3. The van der Waals surface area contributed by atoms with Crippen molar-refractivity contribution in [3.63, 3.8) is 0 Å². The predicted molar refractivity (Wildman–Crippen MR) is 223 cm³/mol. The molecular formula is C47H70O14. The Morgan fingerprint density at radius 3 is 2.28 bits per heavy atom. The number of carbonyl (C=O) groups is 1. The largest absolute Gasteiger partial charge is 0.462 e. The number of ether oxygens (including phenoxy) is 10. The van der Waals surface area contributed by atoms with Gasteiger partial charge in [0, 0.05) is 51.7 Å². The van der Waals surface area contributed by atoms with Crippen LogP contribution in [0.25, 0.3) is 0 Å². The van der Waals surface area contributed by atoms with Gasteiger partial charge in [0.1, 0.15) is 42.0 Å². The zero-order valence-corrected chi connectivity index (χ0v) is 37.5. The van der Waals surface area contributed by atoms with E-state index in [0.29, 0.717) is 43.3 Å². The van der Waals surface area contributed by atoms with Crippen LogP contribution in [0.1, 0.15) is 87.5 Å². The third kappa shape index (κ3) is 9.58. The minimum atomic E-state index is -1.83. The van der Waals surface area contributed by atoms with Gasteiger partial charge in [-0.3, -0.25) is 4.79 Å². The Balaban J connectivity index is 1.18. The Bertz CT molecular complexity index is 1710. The van der Waals surface area contributed by atoms with Crippen LogP contribution < -0.4 is 0 Å². The molecule has 342 valence electrons. The van der Waals surface area contributed by atoms with Crippen molar-refractivity contribution in [2.24, 2.45) is 23.7 Å². The van der Waals surface area contributed by atoms with Gasteiger partial charge in [0.25, 0.3) is 0 Å². The Kier molecular flexibility index (Phi) is 14.6. The van der Waals surface area contributed by atoms with Gasteiger partial charge < -0.3 is 62.7 Å². The van der Waals surface area contributed by atoms with E-state index in [1.165, 1.54) is 0 Å². The molecule has 1 aliphatic carbocycles. The first-order chi connectivity index (χ1) is 29.0. The summed E-state index contributed by atoms with van der Waals surface area (Å²) in [5, 5.41) is 34.2. The average Bonchev–Trinajstić information content (AvgIpc) is 3.56. The summed E-state index contributed by atoms with van der Waals surface area (Å²) in [6.07, 6.45) is 7.54. The van der Waals surface area contributed by atoms with Crippen LogP contribution in [0.3, 0.4) is 0 Å². The van der Waals surface area contributed by atoms with Gasteiger partial charge in [0.05, 0.1) is 49.3 Å². The summed E-state index contributed by atoms with van der Waals surface area (Å²) >= 11 is 0. The molecular weight excluding hydrogens is 789 g/mol. The maximum Gasteiger partial charge on any atom is 0.316 e. The van der Waals surface area contributed by atoms with Crippen molar-refractivity contribution in [2.45, 2.75) is 185 Å². The maximum atomic E-state index is 14.3. The van der Waals surface area contributed by atoms with Crippen LogP contribution in [0.5, 0.6) is 0 Å². The molecule has 4 fully saturated rings. The summed E-state index contributed by atoms with van der Waals surface area (Å²) in [4.78, 5) is 14.3. The number of hydrogen-bond acceptors (Lipinski definition) is 14. The summed E-state index contributed by atoms with van der Waals surface area (Å²) < 4.78 is 63.5. The minimum Gasteiger partial charge on any atom is -0.462 e. The van der Waals surface area contributed by atoms with Gasteiger partial charge in [0.2, 0.25) is 0 Å². The van der Waals surface area contributed by atoms with Crippen molar-refractivity contribution in [1.82, 2.24) is 0 Å². The Morgan fingerprint density at radius 2 is 1.56 bits per heavy atom. The molecule has 1 spiro atoms. The van der Waals surface area contributed by atoms with Crippen molar-refractivity contribution in [2.75, 3.05) is 20.8 Å². The molecule has 3 N–H and O–H groups in total. The fourth-order valence-electron chi connectivity index (χ4n) is 10.4. The molecule has 61 heavy (non-hydrogen) atoms. The normalized spacial score (nSPS) is 48.5. The van der Waals surface area contributed by atoms with E-state index < -0.39 is 90.8 Å². The van der Waals surface area contributed by atoms with Crippen LogP contribution in [0.2, 0.25) is 0 Å². The Morgan fingerprint density at radius 1 is 0.852 bits per heavy atom. The standard InChI is InChI=1S/C47H70O14/c1-24(2)41-27(5)16-17-46(61-41)22-33-19-32(60-46)15-14-26(4)42(25(3)12-11-13-31-23-54-44-39(48)28(6)18-34(45(50)57-33)47(31,44)51)58-38-21-36(53-10)43(30(8)56-38)59-37-20-35(52-9)40(49)29(7)55-37/h11-14,16-18,24-25,27,29-30,32-44,48-49,51H,15,19-23H2,1-10H3/b12-11-,26-14-,31-13?/t25-,27-,29-,30-,32+,33-,34-,35-,36-,37-,38-,39+,40-,41+,42-,43-,44+,46+,47+/m0/s1. The average molecular weight is 859 g/mol. The molecule has 0 aromatic carbocycles. The zero-order chi connectivity index (χ0) is 44.0. The van der Waals surface area contributed by atoms with Crippen molar-refractivity contribution < 1.29 is 67.5 Å².